The van der Waals surface area contributed by atoms with Gasteiger partial charge in [0, 0.05) is 16.1 Å². The quantitative estimate of drug-likeness (QED) is 0.693. The van der Waals surface area contributed by atoms with Crippen LogP contribution in [0.15, 0.2) is 39.3 Å². The lowest BCUT2D eigenvalue weighted by atomic mass is 10.2. The van der Waals surface area contributed by atoms with E-state index < -0.39 is 11.6 Å². The summed E-state index contributed by atoms with van der Waals surface area (Å²) in [5.74, 6) is -1.97. The third-order valence-corrected chi connectivity index (χ3v) is 3.68. The first-order valence-electron chi connectivity index (χ1n) is 5.18. The molecule has 0 aromatic heterocycles. The normalized spacial score (nSPS) is 10.6. The second-order valence-electron chi connectivity index (χ2n) is 3.72. The lowest BCUT2D eigenvalue weighted by Gasteiger charge is -2.10. The van der Waals surface area contributed by atoms with Gasteiger partial charge in [0.15, 0.2) is 11.6 Å². The molecule has 0 radical (unpaired) electrons. The summed E-state index contributed by atoms with van der Waals surface area (Å²) in [5.41, 5.74) is 0.650. The van der Waals surface area contributed by atoms with Gasteiger partial charge in [0.05, 0.1) is 4.47 Å². The highest BCUT2D eigenvalue weighted by molar-refractivity contribution is 9.10. The Morgan fingerprint density at radius 1 is 0.895 bits per heavy atom. The van der Waals surface area contributed by atoms with E-state index >= 15 is 0 Å². The van der Waals surface area contributed by atoms with E-state index in [1.807, 2.05) is 0 Å². The zero-order chi connectivity index (χ0) is 14.0. The first kappa shape index (κ1) is 14.4. The molecule has 0 heterocycles. The van der Waals surface area contributed by atoms with Crippen LogP contribution in [0.1, 0.15) is 5.56 Å². The molecule has 19 heavy (non-hydrogen) atoms. The Morgan fingerprint density at radius 3 is 2.21 bits per heavy atom. The minimum atomic E-state index is -0.801. The molecule has 0 fully saturated rings. The Balaban J connectivity index is 2.19. The molecule has 0 spiro atoms. The molecule has 0 aliphatic heterocycles. The van der Waals surface area contributed by atoms with Crippen LogP contribution in [0.25, 0.3) is 0 Å². The van der Waals surface area contributed by atoms with Gasteiger partial charge in [-0.25, -0.2) is 13.2 Å². The fourth-order valence-corrected chi connectivity index (χ4v) is 2.44. The van der Waals surface area contributed by atoms with Crippen LogP contribution in [0.5, 0.6) is 5.75 Å². The largest absolute Gasteiger partial charge is 0.485 e. The Morgan fingerprint density at radius 2 is 1.58 bits per heavy atom. The average Bonchev–Trinajstić information content (AvgIpc) is 2.30. The first-order chi connectivity index (χ1) is 8.97. The number of benzene rings is 2. The van der Waals surface area contributed by atoms with E-state index in [0.29, 0.717) is 10.0 Å². The minimum absolute atomic E-state index is 0.0298. The van der Waals surface area contributed by atoms with Crippen molar-refractivity contribution in [2.24, 2.45) is 0 Å². The predicted molar refractivity (Wildman–Crippen MR) is 72.5 cm³/mol. The third kappa shape index (κ3) is 3.51. The molecule has 0 saturated heterocycles. The van der Waals surface area contributed by atoms with Crippen LogP contribution in [-0.4, -0.2) is 0 Å². The van der Waals surface area contributed by atoms with Crippen molar-refractivity contribution in [1.29, 1.82) is 0 Å². The highest BCUT2D eigenvalue weighted by Gasteiger charge is 2.12. The molecule has 6 heteroatoms. The Hall–Kier alpha value is -1.01. The number of hydrogen-bond acceptors (Lipinski definition) is 1. The zero-order valence-electron chi connectivity index (χ0n) is 9.39. The SMILES string of the molecule is Fc1ccc(COc2c(F)cc(F)cc2Br)c(Br)c1. The summed E-state index contributed by atoms with van der Waals surface area (Å²) in [5, 5.41) is 0. The molecule has 0 unspecified atom stereocenters. The van der Waals surface area contributed by atoms with Gasteiger partial charge in [0.25, 0.3) is 0 Å². The maximum absolute atomic E-state index is 13.5. The van der Waals surface area contributed by atoms with Gasteiger partial charge in [-0.1, -0.05) is 22.0 Å². The van der Waals surface area contributed by atoms with Crippen LogP contribution in [0, 0.1) is 17.5 Å². The smallest absolute Gasteiger partial charge is 0.169 e. The van der Waals surface area contributed by atoms with Crippen LogP contribution < -0.4 is 4.74 Å². The number of halogens is 5. The number of rotatable bonds is 3. The molecule has 2 aromatic rings. The van der Waals surface area contributed by atoms with Crippen molar-refractivity contribution >= 4 is 31.9 Å². The van der Waals surface area contributed by atoms with Gasteiger partial charge < -0.3 is 4.74 Å². The molecule has 2 rings (SSSR count). The molecule has 1 nitrogen and oxygen atoms in total. The molecule has 0 amide bonds. The maximum atomic E-state index is 13.5. The third-order valence-electron chi connectivity index (χ3n) is 2.35. The molecule has 0 N–H and O–H groups in total. The van der Waals surface area contributed by atoms with E-state index in [0.717, 1.165) is 12.1 Å². The van der Waals surface area contributed by atoms with Crippen molar-refractivity contribution in [2.75, 3.05) is 0 Å². The molecule has 0 aliphatic carbocycles. The van der Waals surface area contributed by atoms with Crippen molar-refractivity contribution in [3.05, 3.63) is 62.3 Å². The Kier molecular flexibility index (Phi) is 4.52. The summed E-state index contributed by atoms with van der Waals surface area (Å²) in [6.45, 7) is 0.0298. The monoisotopic (exact) mass is 394 g/mol. The van der Waals surface area contributed by atoms with Gasteiger partial charge in [-0.3, -0.25) is 0 Å². The molecule has 0 bridgehead atoms. The fraction of sp³-hybridized carbons (Fsp3) is 0.0769. The van der Waals surface area contributed by atoms with Crippen molar-refractivity contribution < 1.29 is 17.9 Å². The van der Waals surface area contributed by atoms with Crippen LogP contribution in [0.4, 0.5) is 13.2 Å². The number of hydrogen-bond donors (Lipinski definition) is 0. The molecular weight excluding hydrogens is 389 g/mol. The lowest BCUT2D eigenvalue weighted by molar-refractivity contribution is 0.286. The van der Waals surface area contributed by atoms with Crippen molar-refractivity contribution in [3.63, 3.8) is 0 Å². The summed E-state index contributed by atoms with van der Waals surface area (Å²) in [6, 6.07) is 5.93. The van der Waals surface area contributed by atoms with E-state index in [1.165, 1.54) is 18.2 Å². The fourth-order valence-electron chi connectivity index (χ4n) is 1.46. The van der Waals surface area contributed by atoms with Crippen molar-refractivity contribution in [1.82, 2.24) is 0 Å². The van der Waals surface area contributed by atoms with Gasteiger partial charge in [-0.15, -0.1) is 0 Å². The number of ether oxygens (including phenoxy) is 1. The van der Waals surface area contributed by atoms with E-state index in [1.54, 1.807) is 0 Å². The summed E-state index contributed by atoms with van der Waals surface area (Å²) in [6.07, 6.45) is 0. The second kappa shape index (κ2) is 5.96. The van der Waals surface area contributed by atoms with E-state index in [-0.39, 0.29) is 22.6 Å². The van der Waals surface area contributed by atoms with Crippen molar-refractivity contribution in [2.45, 2.75) is 6.61 Å². The highest BCUT2D eigenvalue weighted by atomic mass is 79.9. The molecule has 100 valence electrons. The molecule has 2 aromatic carbocycles. The van der Waals surface area contributed by atoms with Gasteiger partial charge in [-0.2, -0.15) is 0 Å². The summed E-state index contributed by atoms with van der Waals surface area (Å²) >= 11 is 6.21. The minimum Gasteiger partial charge on any atom is -0.485 e. The first-order valence-corrected chi connectivity index (χ1v) is 6.77. The lowest BCUT2D eigenvalue weighted by Crippen LogP contribution is -2.00. The topological polar surface area (TPSA) is 9.23 Å². The van der Waals surface area contributed by atoms with E-state index in [9.17, 15) is 13.2 Å². The highest BCUT2D eigenvalue weighted by Crippen LogP contribution is 2.30. The van der Waals surface area contributed by atoms with Crippen LogP contribution in [0.2, 0.25) is 0 Å². The summed E-state index contributed by atoms with van der Waals surface area (Å²) in [7, 11) is 0. The van der Waals surface area contributed by atoms with Gasteiger partial charge in [-0.05, 0) is 34.1 Å². The average molecular weight is 396 g/mol. The van der Waals surface area contributed by atoms with E-state index in [2.05, 4.69) is 31.9 Å². The van der Waals surface area contributed by atoms with Crippen LogP contribution in [-0.2, 0) is 6.61 Å². The Labute approximate surface area is 124 Å². The molecule has 0 aliphatic rings. The van der Waals surface area contributed by atoms with Gasteiger partial charge in [0.1, 0.15) is 18.2 Å². The van der Waals surface area contributed by atoms with Gasteiger partial charge in [0.2, 0.25) is 0 Å². The van der Waals surface area contributed by atoms with Crippen LogP contribution >= 0.6 is 31.9 Å². The Bertz CT molecular complexity index is 594. The van der Waals surface area contributed by atoms with E-state index in [4.69, 9.17) is 4.74 Å². The maximum Gasteiger partial charge on any atom is 0.169 e. The van der Waals surface area contributed by atoms with Crippen LogP contribution in [0.3, 0.4) is 0 Å². The van der Waals surface area contributed by atoms with Crippen molar-refractivity contribution in [3.8, 4) is 5.75 Å². The molecule has 0 atom stereocenters. The predicted octanol–water partition coefficient (Wildman–Crippen LogP) is 5.21. The second-order valence-corrected chi connectivity index (χ2v) is 5.43. The molecular formula is C13H7Br2F3O. The summed E-state index contributed by atoms with van der Waals surface area (Å²) < 4.78 is 45.3. The van der Waals surface area contributed by atoms with Gasteiger partial charge >= 0.3 is 0 Å². The zero-order valence-corrected chi connectivity index (χ0v) is 12.6. The molecule has 0 saturated carbocycles. The standard InChI is InChI=1S/C13H7Br2F3O/c14-10-3-8(16)2-1-7(10)6-19-13-11(15)4-9(17)5-12(13)18/h1-5H,6H2. The summed E-state index contributed by atoms with van der Waals surface area (Å²) in [4.78, 5) is 0.